The topological polar surface area (TPSA) is 37.9 Å². The number of fused-ring (bicyclic) bond motifs is 1. The van der Waals surface area contributed by atoms with E-state index in [0.29, 0.717) is 11.3 Å². The third-order valence-electron chi connectivity index (χ3n) is 4.16. The summed E-state index contributed by atoms with van der Waals surface area (Å²) >= 11 is 0. The summed E-state index contributed by atoms with van der Waals surface area (Å²) in [6, 6.07) is 3.42. The van der Waals surface area contributed by atoms with Crippen molar-refractivity contribution in [3.05, 3.63) is 58.4 Å². The average Bonchev–Trinajstić information content (AvgIpc) is 2.81. The molecule has 2 heterocycles. The molecule has 1 N–H and O–H groups in total. The fourth-order valence-corrected chi connectivity index (χ4v) is 2.85. The predicted molar refractivity (Wildman–Crippen MR) is 97.5 cm³/mol. The smallest absolute Gasteiger partial charge is 0.150 e. The van der Waals surface area contributed by atoms with Gasteiger partial charge in [0, 0.05) is 23.5 Å². The van der Waals surface area contributed by atoms with E-state index in [1.165, 1.54) is 12.1 Å². The van der Waals surface area contributed by atoms with Crippen molar-refractivity contribution in [2.24, 2.45) is 0 Å². The number of H-pyrrole nitrogens is 1. The first-order chi connectivity index (χ1) is 11.5. The van der Waals surface area contributed by atoms with Crippen LogP contribution in [0.5, 0.6) is 5.75 Å². The third kappa shape index (κ3) is 3.93. The van der Waals surface area contributed by atoms with Gasteiger partial charge >= 0.3 is 0 Å². The van der Waals surface area contributed by atoms with Gasteiger partial charge in [-0.25, -0.2) is 8.78 Å². The highest BCUT2D eigenvalue weighted by atomic mass is 35.5. The van der Waals surface area contributed by atoms with E-state index < -0.39 is 11.6 Å². The van der Waals surface area contributed by atoms with Gasteiger partial charge in [0.25, 0.3) is 0 Å². The molecule has 0 aliphatic heterocycles. The van der Waals surface area contributed by atoms with Crippen LogP contribution in [-0.4, -0.2) is 9.97 Å². The summed E-state index contributed by atoms with van der Waals surface area (Å²) in [7, 11) is 0. The van der Waals surface area contributed by atoms with Gasteiger partial charge in [0.1, 0.15) is 29.5 Å². The van der Waals surface area contributed by atoms with Gasteiger partial charge in [0.15, 0.2) is 0 Å². The molecule has 0 radical (unpaired) electrons. The van der Waals surface area contributed by atoms with E-state index in [2.05, 4.69) is 16.9 Å². The number of aromatic nitrogens is 2. The number of halogens is 3. The molecule has 0 saturated carbocycles. The average molecular weight is 367 g/mol. The highest BCUT2D eigenvalue weighted by Gasteiger charge is 2.15. The lowest BCUT2D eigenvalue weighted by Crippen LogP contribution is -2.01. The summed E-state index contributed by atoms with van der Waals surface area (Å²) in [4.78, 5) is 7.85. The number of rotatable bonds is 5. The van der Waals surface area contributed by atoms with Crippen molar-refractivity contribution in [2.75, 3.05) is 0 Å². The molecule has 3 nitrogen and oxygen atoms in total. The largest absolute Gasteiger partial charge is 0.486 e. The number of hydrogen-bond donors (Lipinski definition) is 1. The molecule has 0 aliphatic carbocycles. The number of aryl methyl sites for hydroxylation is 3. The lowest BCUT2D eigenvalue weighted by atomic mass is 10.1. The number of benzene rings is 1. The Morgan fingerprint density at radius 2 is 1.80 bits per heavy atom. The molecule has 6 heteroatoms. The summed E-state index contributed by atoms with van der Waals surface area (Å²) in [5.74, 6) is -0.495. The minimum absolute atomic E-state index is 0. The molecule has 0 fully saturated rings. The Balaban J connectivity index is 0.00000225. The Morgan fingerprint density at radius 1 is 1.12 bits per heavy atom. The molecule has 0 atom stereocenters. The summed E-state index contributed by atoms with van der Waals surface area (Å²) in [6.07, 6.45) is 3.61. The fourth-order valence-electron chi connectivity index (χ4n) is 2.85. The van der Waals surface area contributed by atoms with E-state index in [9.17, 15) is 8.78 Å². The van der Waals surface area contributed by atoms with Crippen LogP contribution in [0.3, 0.4) is 0 Å². The molecular formula is C19H21ClF2N2O. The summed E-state index contributed by atoms with van der Waals surface area (Å²) in [6.45, 7) is 6.18. The molecule has 2 aromatic heterocycles. The standard InChI is InChI=1S/C19H20F2N2O.ClH/c1-4-5-14-9-22-17-11(2)12(3)23-18(17)19(14)24-10-13-6-15(20)8-16(21)7-13;/h6-9,23H,4-5,10H2,1-3H3;1H. The lowest BCUT2D eigenvalue weighted by Gasteiger charge is -2.12. The number of pyridine rings is 1. The van der Waals surface area contributed by atoms with Gasteiger partial charge in [-0.15, -0.1) is 12.4 Å². The minimum atomic E-state index is -0.603. The second kappa shape index (κ2) is 7.83. The Labute approximate surface area is 151 Å². The Kier molecular flexibility index (Phi) is 6.01. The summed E-state index contributed by atoms with van der Waals surface area (Å²) in [5, 5.41) is 0. The van der Waals surface area contributed by atoms with Gasteiger partial charge in [-0.1, -0.05) is 13.3 Å². The molecule has 0 saturated heterocycles. The Bertz CT molecular complexity index is 873. The lowest BCUT2D eigenvalue weighted by molar-refractivity contribution is 0.304. The molecule has 0 bridgehead atoms. The van der Waals surface area contributed by atoms with Crippen molar-refractivity contribution in [3.8, 4) is 5.75 Å². The molecule has 1 aromatic carbocycles. The highest BCUT2D eigenvalue weighted by molar-refractivity contribution is 5.86. The van der Waals surface area contributed by atoms with E-state index in [-0.39, 0.29) is 19.0 Å². The van der Waals surface area contributed by atoms with Crippen LogP contribution in [0.1, 0.15) is 35.7 Å². The molecule has 0 unspecified atom stereocenters. The van der Waals surface area contributed by atoms with Gasteiger partial charge in [-0.2, -0.15) is 0 Å². The summed E-state index contributed by atoms with van der Waals surface area (Å²) in [5.41, 5.74) is 5.27. The van der Waals surface area contributed by atoms with E-state index in [4.69, 9.17) is 4.74 Å². The van der Waals surface area contributed by atoms with E-state index >= 15 is 0 Å². The highest BCUT2D eigenvalue weighted by Crippen LogP contribution is 2.32. The molecule has 3 aromatic rings. The number of ether oxygens (including phenoxy) is 1. The van der Waals surface area contributed by atoms with Crippen molar-refractivity contribution >= 4 is 23.4 Å². The van der Waals surface area contributed by atoms with Crippen LogP contribution in [-0.2, 0) is 13.0 Å². The molecule has 25 heavy (non-hydrogen) atoms. The second-order valence-electron chi connectivity index (χ2n) is 6.03. The quantitative estimate of drug-likeness (QED) is 0.655. The molecular weight excluding hydrogens is 346 g/mol. The fraction of sp³-hybridized carbons (Fsp3) is 0.316. The monoisotopic (exact) mass is 366 g/mol. The number of hydrogen-bond acceptors (Lipinski definition) is 2. The molecule has 0 amide bonds. The SMILES string of the molecule is CCCc1cnc2c(C)c(C)[nH]c2c1OCc1cc(F)cc(F)c1.Cl. The maximum Gasteiger partial charge on any atom is 0.150 e. The zero-order valence-electron chi connectivity index (χ0n) is 14.5. The van der Waals surface area contributed by atoms with Crippen LogP contribution < -0.4 is 4.74 Å². The molecule has 134 valence electrons. The van der Waals surface area contributed by atoms with Crippen LogP contribution in [0.4, 0.5) is 8.78 Å². The maximum atomic E-state index is 13.4. The third-order valence-corrected chi connectivity index (χ3v) is 4.16. The molecule has 0 spiro atoms. The first kappa shape index (κ1) is 19.2. The molecule has 3 rings (SSSR count). The van der Waals surface area contributed by atoms with Gasteiger partial charge in [0.2, 0.25) is 0 Å². The first-order valence-electron chi connectivity index (χ1n) is 8.04. The Hall–Kier alpha value is -2.14. The Morgan fingerprint density at radius 3 is 2.44 bits per heavy atom. The second-order valence-corrected chi connectivity index (χ2v) is 6.03. The van der Waals surface area contributed by atoms with Gasteiger partial charge in [-0.3, -0.25) is 4.98 Å². The van der Waals surface area contributed by atoms with E-state index in [1.807, 2.05) is 20.0 Å². The van der Waals surface area contributed by atoms with Crippen molar-refractivity contribution in [2.45, 2.75) is 40.2 Å². The first-order valence-corrected chi connectivity index (χ1v) is 8.04. The minimum Gasteiger partial charge on any atom is -0.486 e. The van der Waals surface area contributed by atoms with Crippen molar-refractivity contribution < 1.29 is 13.5 Å². The van der Waals surface area contributed by atoms with Crippen LogP contribution in [0.2, 0.25) is 0 Å². The van der Waals surface area contributed by atoms with Crippen molar-refractivity contribution in [1.82, 2.24) is 9.97 Å². The van der Waals surface area contributed by atoms with E-state index in [0.717, 1.165) is 46.8 Å². The summed E-state index contributed by atoms with van der Waals surface area (Å²) < 4.78 is 32.7. The number of nitrogens with one attached hydrogen (secondary N) is 1. The van der Waals surface area contributed by atoms with Crippen molar-refractivity contribution in [3.63, 3.8) is 0 Å². The van der Waals surface area contributed by atoms with Gasteiger partial charge in [-0.05, 0) is 43.5 Å². The number of aromatic amines is 1. The maximum absolute atomic E-state index is 13.4. The van der Waals surface area contributed by atoms with Gasteiger partial charge in [0.05, 0.1) is 5.52 Å². The van der Waals surface area contributed by atoms with Crippen molar-refractivity contribution in [1.29, 1.82) is 0 Å². The zero-order chi connectivity index (χ0) is 17.3. The zero-order valence-corrected chi connectivity index (χ0v) is 15.3. The van der Waals surface area contributed by atoms with E-state index in [1.54, 1.807) is 0 Å². The number of nitrogens with zero attached hydrogens (tertiary/aromatic N) is 1. The van der Waals surface area contributed by atoms with Crippen LogP contribution in [0, 0.1) is 25.5 Å². The van der Waals surface area contributed by atoms with Crippen LogP contribution >= 0.6 is 12.4 Å². The normalized spacial score (nSPS) is 10.8. The molecule has 0 aliphatic rings. The van der Waals surface area contributed by atoms with Crippen LogP contribution in [0.15, 0.2) is 24.4 Å². The van der Waals surface area contributed by atoms with Crippen LogP contribution in [0.25, 0.3) is 11.0 Å². The van der Waals surface area contributed by atoms with Gasteiger partial charge < -0.3 is 9.72 Å². The predicted octanol–water partition coefficient (Wildman–Crippen LogP) is 5.41.